The Kier molecular flexibility index (Phi) is 6.15. The number of nitrogens with zero attached hydrogens (tertiary/aromatic N) is 2. The van der Waals surface area contributed by atoms with Crippen LogP contribution in [0.1, 0.15) is 53.8 Å². The van der Waals surface area contributed by atoms with Gasteiger partial charge in [0.05, 0.1) is 22.4 Å². The van der Waals surface area contributed by atoms with Crippen molar-refractivity contribution < 1.29 is 19.2 Å². The summed E-state index contributed by atoms with van der Waals surface area (Å²) in [6.07, 6.45) is 2.05. The van der Waals surface area contributed by atoms with Gasteiger partial charge < -0.3 is 0 Å². The lowest BCUT2D eigenvalue weighted by atomic mass is 9.76. The summed E-state index contributed by atoms with van der Waals surface area (Å²) in [4.78, 5) is 53.6. The third-order valence-electron chi connectivity index (χ3n) is 6.50. The Morgan fingerprint density at radius 3 is 2.28 bits per heavy atom. The van der Waals surface area contributed by atoms with Gasteiger partial charge in [0.25, 0.3) is 17.7 Å². The van der Waals surface area contributed by atoms with Crippen LogP contribution in [0.2, 0.25) is 5.02 Å². The zero-order valence-corrected chi connectivity index (χ0v) is 18.8. The molecule has 166 valence electrons. The van der Waals surface area contributed by atoms with E-state index >= 15 is 0 Å². The number of Topliss-reactive ketones (excluding diaryl/α,β-unsaturated/α-hetero) is 1. The molecule has 4 rings (SSSR count). The third kappa shape index (κ3) is 3.84. The van der Waals surface area contributed by atoms with Crippen LogP contribution in [0.15, 0.2) is 54.6 Å². The number of benzene rings is 2. The fourth-order valence-electron chi connectivity index (χ4n) is 4.74. The number of imide groups is 1. The van der Waals surface area contributed by atoms with Crippen molar-refractivity contribution >= 4 is 35.1 Å². The highest BCUT2D eigenvalue weighted by molar-refractivity contribution is 6.34. The lowest BCUT2D eigenvalue weighted by Crippen LogP contribution is -2.56. The van der Waals surface area contributed by atoms with Gasteiger partial charge in [0.1, 0.15) is 6.04 Å². The van der Waals surface area contributed by atoms with Gasteiger partial charge >= 0.3 is 0 Å². The average molecular weight is 453 g/mol. The van der Waals surface area contributed by atoms with E-state index < -0.39 is 35.6 Å². The van der Waals surface area contributed by atoms with Crippen LogP contribution in [0.5, 0.6) is 0 Å². The molecule has 32 heavy (non-hydrogen) atoms. The molecule has 2 aromatic carbocycles. The van der Waals surface area contributed by atoms with Crippen molar-refractivity contribution in [3.8, 4) is 0 Å². The molecule has 7 heteroatoms. The van der Waals surface area contributed by atoms with Crippen molar-refractivity contribution in [2.24, 2.45) is 17.8 Å². The Morgan fingerprint density at radius 1 is 0.969 bits per heavy atom. The monoisotopic (exact) mass is 452 g/mol. The molecule has 1 aliphatic heterocycles. The highest BCUT2D eigenvalue weighted by atomic mass is 35.5. The summed E-state index contributed by atoms with van der Waals surface area (Å²) >= 11 is 6.26. The second kappa shape index (κ2) is 8.87. The number of halogens is 1. The number of hydrogen-bond acceptors (Lipinski definition) is 4. The minimum atomic E-state index is -1.08. The van der Waals surface area contributed by atoms with Crippen molar-refractivity contribution in [2.45, 2.75) is 39.2 Å². The van der Waals surface area contributed by atoms with E-state index in [0.717, 1.165) is 16.4 Å². The Morgan fingerprint density at radius 2 is 1.59 bits per heavy atom. The number of carbonyl (C=O) groups is 4. The molecule has 2 aliphatic rings. The van der Waals surface area contributed by atoms with Crippen molar-refractivity contribution in [3.05, 3.63) is 70.7 Å². The first kappa shape index (κ1) is 22.2. The van der Waals surface area contributed by atoms with Crippen molar-refractivity contribution in [3.63, 3.8) is 0 Å². The highest BCUT2D eigenvalue weighted by Crippen LogP contribution is 2.41. The first-order chi connectivity index (χ1) is 15.3. The molecule has 1 saturated heterocycles. The minimum Gasteiger partial charge on any atom is -0.292 e. The minimum absolute atomic E-state index is 0.130. The smallest absolute Gasteiger partial charge is 0.275 e. The maximum Gasteiger partial charge on any atom is 0.275 e. The van der Waals surface area contributed by atoms with Crippen molar-refractivity contribution in [2.75, 3.05) is 0 Å². The number of carbonyl (C=O) groups excluding carboxylic acids is 4. The first-order valence-corrected chi connectivity index (χ1v) is 11.2. The molecule has 1 saturated carbocycles. The average Bonchev–Trinajstić information content (AvgIpc) is 3.04. The SMILES string of the molecule is C[C@@H]1CC[C@@H]2C(=O)N(N(C(=O)c3ccccc3Cl)[C@@H](C)C(=O)c3ccccc3)C(=O)[C@H]2C1. The summed E-state index contributed by atoms with van der Waals surface area (Å²) in [5.74, 6) is -2.45. The molecule has 0 unspecified atom stereocenters. The second-order valence-corrected chi connectivity index (χ2v) is 9.06. The van der Waals surface area contributed by atoms with E-state index in [-0.39, 0.29) is 16.4 Å². The molecular formula is C25H25ClN2O4. The number of fused-ring (bicyclic) bond motifs is 1. The quantitative estimate of drug-likeness (QED) is 0.498. The fraction of sp³-hybridized carbons (Fsp3) is 0.360. The predicted molar refractivity (Wildman–Crippen MR) is 120 cm³/mol. The molecule has 1 heterocycles. The third-order valence-corrected chi connectivity index (χ3v) is 6.83. The number of hydrazine groups is 1. The van der Waals surface area contributed by atoms with Crippen LogP contribution in [-0.4, -0.2) is 39.6 Å². The zero-order valence-electron chi connectivity index (χ0n) is 18.0. The number of hydrogen-bond donors (Lipinski definition) is 0. The van der Waals surface area contributed by atoms with E-state index in [2.05, 4.69) is 6.92 Å². The van der Waals surface area contributed by atoms with E-state index in [4.69, 9.17) is 11.6 Å². The predicted octanol–water partition coefficient (Wildman–Crippen LogP) is 4.39. The first-order valence-electron chi connectivity index (χ1n) is 10.9. The van der Waals surface area contributed by atoms with Gasteiger partial charge in [-0.15, -0.1) is 0 Å². The lowest BCUT2D eigenvalue weighted by Gasteiger charge is -2.35. The van der Waals surface area contributed by atoms with E-state index in [1.807, 2.05) is 0 Å². The molecule has 0 N–H and O–H groups in total. The summed E-state index contributed by atoms with van der Waals surface area (Å²) in [7, 11) is 0. The fourth-order valence-corrected chi connectivity index (χ4v) is 4.95. The Hall–Kier alpha value is -2.99. The van der Waals surface area contributed by atoms with Gasteiger partial charge in [0, 0.05) is 5.56 Å². The van der Waals surface area contributed by atoms with Gasteiger partial charge in [-0.3, -0.25) is 19.2 Å². The molecule has 0 bridgehead atoms. The van der Waals surface area contributed by atoms with Crippen molar-refractivity contribution in [1.82, 2.24) is 10.0 Å². The van der Waals surface area contributed by atoms with E-state index in [1.165, 1.54) is 13.0 Å². The summed E-state index contributed by atoms with van der Waals surface area (Å²) < 4.78 is 0. The molecule has 1 aliphatic carbocycles. The molecule has 6 nitrogen and oxygen atoms in total. The lowest BCUT2D eigenvalue weighted by molar-refractivity contribution is -0.156. The van der Waals surface area contributed by atoms with E-state index in [1.54, 1.807) is 48.5 Å². The van der Waals surface area contributed by atoms with Crippen LogP contribution in [0.4, 0.5) is 0 Å². The van der Waals surface area contributed by atoms with Crippen LogP contribution < -0.4 is 0 Å². The number of rotatable bonds is 5. The van der Waals surface area contributed by atoms with Crippen LogP contribution in [0, 0.1) is 17.8 Å². The summed E-state index contributed by atoms with van der Waals surface area (Å²) in [5, 5.41) is 2.13. The Balaban J connectivity index is 1.76. The molecule has 0 radical (unpaired) electrons. The van der Waals surface area contributed by atoms with Gasteiger partial charge in [-0.05, 0) is 44.2 Å². The maximum absolute atomic E-state index is 13.6. The standard InChI is InChI=1S/C25H25ClN2O4/c1-15-12-13-18-20(14-15)25(32)28(23(18)30)27(24(31)19-10-6-7-11-21(19)26)16(2)22(29)17-8-4-3-5-9-17/h3-11,15-16,18,20H,12-14H2,1-2H3/t15-,16+,18+,20+/m1/s1. The van der Waals surface area contributed by atoms with Crippen LogP contribution in [0.25, 0.3) is 0 Å². The normalized spacial score (nSPS) is 23.6. The topological polar surface area (TPSA) is 74.8 Å². The van der Waals surface area contributed by atoms with Crippen molar-refractivity contribution in [1.29, 1.82) is 0 Å². The van der Waals surface area contributed by atoms with E-state index in [9.17, 15) is 19.2 Å². The molecule has 3 amide bonds. The summed E-state index contributed by atoms with van der Waals surface area (Å²) in [6, 6.07) is 13.9. The molecule has 0 aromatic heterocycles. The van der Waals surface area contributed by atoms with Crippen LogP contribution in [-0.2, 0) is 9.59 Å². The van der Waals surface area contributed by atoms with Gasteiger partial charge in [-0.1, -0.05) is 61.0 Å². The van der Waals surface area contributed by atoms with Gasteiger partial charge in [0.15, 0.2) is 5.78 Å². The van der Waals surface area contributed by atoms with Crippen LogP contribution >= 0.6 is 11.6 Å². The Labute approximate surface area is 192 Å². The maximum atomic E-state index is 13.6. The molecule has 2 fully saturated rings. The zero-order chi connectivity index (χ0) is 23.0. The van der Waals surface area contributed by atoms with Gasteiger partial charge in [-0.25, -0.2) is 5.01 Å². The number of amides is 3. The number of ketones is 1. The second-order valence-electron chi connectivity index (χ2n) is 8.66. The molecule has 2 aromatic rings. The molecular weight excluding hydrogens is 428 g/mol. The van der Waals surface area contributed by atoms with Gasteiger partial charge in [-0.2, -0.15) is 5.01 Å². The van der Waals surface area contributed by atoms with E-state index in [0.29, 0.717) is 24.3 Å². The highest BCUT2D eigenvalue weighted by Gasteiger charge is 2.54. The Bertz CT molecular complexity index is 1070. The van der Waals surface area contributed by atoms with Crippen LogP contribution in [0.3, 0.4) is 0 Å². The molecule has 4 atom stereocenters. The largest absolute Gasteiger partial charge is 0.292 e. The van der Waals surface area contributed by atoms with Gasteiger partial charge in [0.2, 0.25) is 0 Å². The molecule has 0 spiro atoms. The summed E-state index contributed by atoms with van der Waals surface area (Å²) in [6.45, 7) is 3.60. The summed E-state index contributed by atoms with van der Waals surface area (Å²) in [5.41, 5.74) is 0.521.